The van der Waals surface area contributed by atoms with E-state index >= 15 is 0 Å². The highest BCUT2D eigenvalue weighted by molar-refractivity contribution is 5.90. The molecule has 2 aromatic heterocycles. The van der Waals surface area contributed by atoms with Crippen LogP contribution in [0.3, 0.4) is 0 Å². The van der Waals surface area contributed by atoms with E-state index in [0.717, 1.165) is 11.4 Å². The second-order valence-corrected chi connectivity index (χ2v) is 7.93. The highest BCUT2D eigenvalue weighted by Gasteiger charge is 2.33. The highest BCUT2D eigenvalue weighted by Crippen LogP contribution is 2.32. The van der Waals surface area contributed by atoms with Gasteiger partial charge in [0.2, 0.25) is 0 Å². The molecule has 0 amide bonds. The van der Waals surface area contributed by atoms with Gasteiger partial charge in [0.1, 0.15) is 23.2 Å². The fraction of sp³-hybridized carbons (Fsp3) is 0.429. The lowest BCUT2D eigenvalue weighted by molar-refractivity contribution is -0.144. The Bertz CT molecular complexity index is 1140. The van der Waals surface area contributed by atoms with E-state index in [9.17, 15) is 19.1 Å². The van der Waals surface area contributed by atoms with E-state index in [1.807, 2.05) is 11.8 Å². The summed E-state index contributed by atoms with van der Waals surface area (Å²) in [5.41, 5.74) is 2.51. The SMILES string of the molecule is Cc1nonc1CN1CCN(C(C(=O)O)c2cn(CCC(=O)O)c3cc(F)ccc23)CC1. The Hall–Kier alpha value is -3.31. The molecule has 1 aliphatic heterocycles. The standard InChI is InChI=1S/C21H24FN5O5/c1-13-17(24-32-23-13)12-25-6-8-26(9-7-25)20(21(30)31)16-11-27(5-4-19(28)29)18-10-14(22)2-3-15(16)18/h2-3,10-11,20H,4-9,12H2,1H3,(H,28,29)(H,30,31). The molecule has 2 N–H and O–H groups in total. The molecule has 1 fully saturated rings. The van der Waals surface area contributed by atoms with Gasteiger partial charge < -0.3 is 14.8 Å². The van der Waals surface area contributed by atoms with Crippen molar-refractivity contribution in [2.45, 2.75) is 32.5 Å². The van der Waals surface area contributed by atoms with Gasteiger partial charge in [-0.3, -0.25) is 19.4 Å². The van der Waals surface area contributed by atoms with Crippen LogP contribution in [-0.4, -0.2) is 73.0 Å². The van der Waals surface area contributed by atoms with Crippen LogP contribution in [0.5, 0.6) is 0 Å². The van der Waals surface area contributed by atoms with Gasteiger partial charge in [0.25, 0.3) is 0 Å². The summed E-state index contributed by atoms with van der Waals surface area (Å²) in [6.45, 7) is 4.85. The number of hydrogen-bond acceptors (Lipinski definition) is 7. The molecule has 3 aromatic rings. The Labute approximate surface area is 182 Å². The average Bonchev–Trinajstić information content (AvgIpc) is 3.31. The lowest BCUT2D eigenvalue weighted by atomic mass is 10.0. The number of nitrogens with zero attached hydrogens (tertiary/aromatic N) is 5. The minimum absolute atomic E-state index is 0.125. The molecule has 4 rings (SSSR count). The fourth-order valence-electron chi connectivity index (χ4n) is 4.18. The van der Waals surface area contributed by atoms with Crippen molar-refractivity contribution in [3.05, 3.63) is 47.2 Å². The Kier molecular flexibility index (Phi) is 6.19. The topological polar surface area (TPSA) is 125 Å². The van der Waals surface area contributed by atoms with Gasteiger partial charge >= 0.3 is 11.9 Å². The van der Waals surface area contributed by atoms with Gasteiger partial charge in [-0.15, -0.1) is 0 Å². The molecule has 1 atom stereocenters. The third-order valence-corrected chi connectivity index (χ3v) is 5.86. The van der Waals surface area contributed by atoms with Crippen molar-refractivity contribution in [1.29, 1.82) is 0 Å². The number of piperazine rings is 1. The predicted octanol–water partition coefficient (Wildman–Crippen LogP) is 1.89. The molecule has 1 aliphatic rings. The minimum atomic E-state index is -1.00. The number of aromatic nitrogens is 3. The van der Waals surface area contributed by atoms with E-state index in [1.165, 1.54) is 12.1 Å². The van der Waals surface area contributed by atoms with E-state index in [0.29, 0.717) is 49.2 Å². The second-order valence-electron chi connectivity index (χ2n) is 7.93. The summed E-state index contributed by atoms with van der Waals surface area (Å²) in [6, 6.07) is 3.24. The van der Waals surface area contributed by atoms with Gasteiger partial charge in [0.15, 0.2) is 0 Å². The van der Waals surface area contributed by atoms with E-state index in [1.54, 1.807) is 16.8 Å². The first-order valence-corrected chi connectivity index (χ1v) is 10.3. The lowest BCUT2D eigenvalue weighted by Crippen LogP contribution is -2.48. The number of aryl methyl sites for hydroxylation is 2. The third-order valence-electron chi connectivity index (χ3n) is 5.86. The quantitative estimate of drug-likeness (QED) is 0.535. The third kappa shape index (κ3) is 4.48. The summed E-state index contributed by atoms with van der Waals surface area (Å²) < 4.78 is 20.2. The van der Waals surface area contributed by atoms with Gasteiger partial charge in [-0.05, 0) is 25.1 Å². The van der Waals surface area contributed by atoms with Crippen LogP contribution in [0.1, 0.15) is 29.4 Å². The highest BCUT2D eigenvalue weighted by atomic mass is 19.1. The molecule has 10 nitrogen and oxygen atoms in total. The summed E-state index contributed by atoms with van der Waals surface area (Å²) in [4.78, 5) is 27.4. The summed E-state index contributed by atoms with van der Waals surface area (Å²) in [5, 5.41) is 27.4. The van der Waals surface area contributed by atoms with Crippen LogP contribution >= 0.6 is 0 Å². The van der Waals surface area contributed by atoms with Crippen LogP contribution < -0.4 is 0 Å². The number of fused-ring (bicyclic) bond motifs is 1. The van der Waals surface area contributed by atoms with Crippen molar-refractivity contribution in [3.8, 4) is 0 Å². The zero-order chi connectivity index (χ0) is 22.8. The molecule has 1 unspecified atom stereocenters. The van der Waals surface area contributed by atoms with E-state index in [2.05, 4.69) is 15.2 Å². The number of carboxylic acid groups (broad SMARTS) is 2. The largest absolute Gasteiger partial charge is 0.481 e. The Morgan fingerprint density at radius 3 is 2.56 bits per heavy atom. The Morgan fingerprint density at radius 1 is 1.19 bits per heavy atom. The number of carbonyl (C=O) groups is 2. The molecular weight excluding hydrogens is 421 g/mol. The summed E-state index contributed by atoms with van der Waals surface area (Å²) in [6.07, 6.45) is 1.50. The Morgan fingerprint density at radius 2 is 1.94 bits per heavy atom. The van der Waals surface area contributed by atoms with Gasteiger partial charge in [0.05, 0.1) is 11.9 Å². The van der Waals surface area contributed by atoms with Crippen molar-refractivity contribution in [3.63, 3.8) is 0 Å². The van der Waals surface area contributed by atoms with Crippen molar-refractivity contribution >= 4 is 22.8 Å². The molecule has 0 saturated carbocycles. The van der Waals surface area contributed by atoms with Gasteiger partial charge in [-0.1, -0.05) is 10.3 Å². The van der Waals surface area contributed by atoms with Crippen LogP contribution in [-0.2, 0) is 22.7 Å². The maximum atomic E-state index is 13.9. The first-order valence-electron chi connectivity index (χ1n) is 10.3. The Balaban J connectivity index is 1.57. The smallest absolute Gasteiger partial charge is 0.325 e. The summed E-state index contributed by atoms with van der Waals surface area (Å²) in [7, 11) is 0. The van der Waals surface area contributed by atoms with E-state index in [-0.39, 0.29) is 13.0 Å². The number of hydrogen-bond donors (Lipinski definition) is 2. The zero-order valence-corrected chi connectivity index (χ0v) is 17.6. The molecule has 32 heavy (non-hydrogen) atoms. The lowest BCUT2D eigenvalue weighted by Gasteiger charge is -2.37. The monoisotopic (exact) mass is 445 g/mol. The van der Waals surface area contributed by atoms with Gasteiger partial charge in [-0.2, -0.15) is 0 Å². The number of halogens is 1. The molecule has 1 aromatic carbocycles. The number of carboxylic acids is 2. The van der Waals surface area contributed by atoms with Crippen LogP contribution in [0.4, 0.5) is 4.39 Å². The first kappa shape index (κ1) is 21.9. The van der Waals surface area contributed by atoms with Crippen molar-refractivity contribution in [2.24, 2.45) is 0 Å². The average molecular weight is 445 g/mol. The normalized spacial score (nSPS) is 16.4. The maximum Gasteiger partial charge on any atom is 0.325 e. The van der Waals surface area contributed by atoms with Crippen LogP contribution in [0.2, 0.25) is 0 Å². The molecule has 3 heterocycles. The van der Waals surface area contributed by atoms with E-state index < -0.39 is 23.8 Å². The van der Waals surface area contributed by atoms with E-state index in [4.69, 9.17) is 9.74 Å². The number of benzene rings is 1. The molecular formula is C21H24FN5O5. The van der Waals surface area contributed by atoms with Gasteiger partial charge in [-0.25, -0.2) is 9.02 Å². The molecule has 170 valence electrons. The van der Waals surface area contributed by atoms with Crippen molar-refractivity contribution in [1.82, 2.24) is 24.7 Å². The summed E-state index contributed by atoms with van der Waals surface area (Å²) in [5.74, 6) is -2.44. The molecule has 11 heteroatoms. The number of aliphatic carboxylic acids is 2. The van der Waals surface area contributed by atoms with Crippen molar-refractivity contribution in [2.75, 3.05) is 26.2 Å². The number of rotatable bonds is 8. The predicted molar refractivity (Wildman–Crippen MR) is 110 cm³/mol. The second kappa shape index (κ2) is 9.05. The maximum absolute atomic E-state index is 13.9. The van der Waals surface area contributed by atoms with Crippen LogP contribution in [0.25, 0.3) is 10.9 Å². The molecule has 0 spiro atoms. The summed E-state index contributed by atoms with van der Waals surface area (Å²) >= 11 is 0. The van der Waals surface area contributed by atoms with Crippen LogP contribution in [0, 0.1) is 12.7 Å². The van der Waals surface area contributed by atoms with Gasteiger partial charge in [0, 0.05) is 56.4 Å². The molecule has 0 aliphatic carbocycles. The minimum Gasteiger partial charge on any atom is -0.481 e. The first-order chi connectivity index (χ1) is 15.3. The fourth-order valence-corrected chi connectivity index (χ4v) is 4.18. The zero-order valence-electron chi connectivity index (χ0n) is 17.6. The molecule has 1 saturated heterocycles. The molecule has 0 radical (unpaired) electrons. The van der Waals surface area contributed by atoms with Crippen molar-refractivity contribution < 1.29 is 28.8 Å². The van der Waals surface area contributed by atoms with Crippen LogP contribution in [0.15, 0.2) is 29.0 Å². The molecule has 0 bridgehead atoms.